The SMILES string of the molecule is CC[C@H](C)CNC(=O)[C@@H](C1CCCC1)N1CCN(C(=O)c2ccccc2C)CC1. The van der Waals surface area contributed by atoms with Gasteiger partial charge in [-0.3, -0.25) is 14.5 Å². The molecule has 29 heavy (non-hydrogen) atoms. The molecule has 1 aliphatic carbocycles. The molecule has 1 saturated carbocycles. The van der Waals surface area contributed by atoms with E-state index in [1.807, 2.05) is 36.1 Å². The zero-order valence-electron chi connectivity index (χ0n) is 18.3. The number of hydrogen-bond acceptors (Lipinski definition) is 3. The van der Waals surface area contributed by atoms with Gasteiger partial charge in [0, 0.05) is 38.3 Å². The molecule has 2 aliphatic rings. The summed E-state index contributed by atoms with van der Waals surface area (Å²) in [5.41, 5.74) is 1.81. The fourth-order valence-electron chi connectivity index (χ4n) is 4.66. The lowest BCUT2D eigenvalue weighted by molar-refractivity contribution is -0.129. The van der Waals surface area contributed by atoms with Crippen LogP contribution in [-0.4, -0.2) is 60.4 Å². The minimum Gasteiger partial charge on any atom is -0.354 e. The Morgan fingerprint density at radius 3 is 2.38 bits per heavy atom. The number of benzene rings is 1. The van der Waals surface area contributed by atoms with Gasteiger partial charge in [0.1, 0.15) is 0 Å². The van der Waals surface area contributed by atoms with Crippen LogP contribution >= 0.6 is 0 Å². The van der Waals surface area contributed by atoms with Crippen LogP contribution in [0.5, 0.6) is 0 Å². The van der Waals surface area contributed by atoms with Gasteiger partial charge in [-0.25, -0.2) is 0 Å². The second kappa shape index (κ2) is 10.2. The average Bonchev–Trinajstić information content (AvgIpc) is 3.27. The van der Waals surface area contributed by atoms with Crippen molar-refractivity contribution in [3.8, 4) is 0 Å². The van der Waals surface area contributed by atoms with Crippen LogP contribution in [0.15, 0.2) is 24.3 Å². The topological polar surface area (TPSA) is 52.7 Å². The Balaban J connectivity index is 1.62. The van der Waals surface area contributed by atoms with Crippen LogP contribution in [0.2, 0.25) is 0 Å². The highest BCUT2D eigenvalue weighted by Crippen LogP contribution is 2.31. The Morgan fingerprint density at radius 2 is 1.76 bits per heavy atom. The minimum absolute atomic E-state index is 0.0442. The fraction of sp³-hybridized carbons (Fsp3) is 0.667. The summed E-state index contributed by atoms with van der Waals surface area (Å²) >= 11 is 0. The van der Waals surface area contributed by atoms with E-state index in [0.717, 1.165) is 50.0 Å². The Bertz CT molecular complexity index is 691. The molecule has 0 unspecified atom stereocenters. The number of nitrogens with zero attached hydrogens (tertiary/aromatic N) is 2. The molecule has 1 heterocycles. The standard InChI is InChI=1S/C24H37N3O2/c1-4-18(2)17-25-23(28)22(20-10-6-7-11-20)26-13-15-27(16-14-26)24(29)21-12-8-5-9-19(21)3/h5,8-9,12,18,20,22H,4,6-7,10-11,13-17H2,1-3H3,(H,25,28)/t18-,22+/m0/s1. The summed E-state index contributed by atoms with van der Waals surface area (Å²) in [5.74, 6) is 1.26. The van der Waals surface area contributed by atoms with Gasteiger partial charge in [0.2, 0.25) is 5.91 Å². The molecule has 3 rings (SSSR count). The van der Waals surface area contributed by atoms with Crippen molar-refractivity contribution >= 4 is 11.8 Å². The van der Waals surface area contributed by atoms with Gasteiger partial charge >= 0.3 is 0 Å². The summed E-state index contributed by atoms with van der Waals surface area (Å²) in [4.78, 5) is 30.3. The molecule has 1 N–H and O–H groups in total. The van der Waals surface area contributed by atoms with E-state index in [0.29, 0.717) is 24.9 Å². The second-order valence-corrected chi connectivity index (χ2v) is 8.89. The lowest BCUT2D eigenvalue weighted by Crippen LogP contribution is -2.58. The van der Waals surface area contributed by atoms with Gasteiger partial charge in [-0.1, -0.05) is 51.3 Å². The van der Waals surface area contributed by atoms with Crippen LogP contribution in [-0.2, 0) is 4.79 Å². The van der Waals surface area contributed by atoms with Gasteiger partial charge in [0.25, 0.3) is 5.91 Å². The van der Waals surface area contributed by atoms with Crippen molar-refractivity contribution in [2.24, 2.45) is 11.8 Å². The van der Waals surface area contributed by atoms with Crippen LogP contribution in [0.1, 0.15) is 61.9 Å². The normalized spacial score (nSPS) is 20.4. The highest BCUT2D eigenvalue weighted by molar-refractivity contribution is 5.95. The van der Waals surface area contributed by atoms with Gasteiger partial charge < -0.3 is 10.2 Å². The molecule has 0 radical (unpaired) electrons. The minimum atomic E-state index is -0.0442. The van der Waals surface area contributed by atoms with Crippen LogP contribution in [0.25, 0.3) is 0 Å². The van der Waals surface area contributed by atoms with Gasteiger partial charge in [-0.05, 0) is 43.2 Å². The van der Waals surface area contributed by atoms with Crippen LogP contribution in [0, 0.1) is 18.8 Å². The van der Waals surface area contributed by atoms with Crippen molar-refractivity contribution in [3.63, 3.8) is 0 Å². The smallest absolute Gasteiger partial charge is 0.254 e. The Hall–Kier alpha value is -1.88. The quantitative estimate of drug-likeness (QED) is 0.764. The number of nitrogens with one attached hydrogen (secondary N) is 1. The number of rotatable bonds is 7. The number of carbonyl (C=O) groups is 2. The molecule has 0 aromatic heterocycles. The molecule has 0 bridgehead atoms. The molecule has 160 valence electrons. The first-order valence-corrected chi connectivity index (χ1v) is 11.4. The van der Waals surface area contributed by atoms with Gasteiger partial charge in [-0.15, -0.1) is 0 Å². The molecule has 1 saturated heterocycles. The molecular formula is C24H37N3O2. The number of aryl methyl sites for hydroxylation is 1. The monoisotopic (exact) mass is 399 g/mol. The van der Waals surface area contributed by atoms with Gasteiger partial charge in [-0.2, -0.15) is 0 Å². The second-order valence-electron chi connectivity index (χ2n) is 8.89. The molecule has 5 heteroatoms. The summed E-state index contributed by atoms with van der Waals surface area (Å²) in [5, 5.41) is 3.21. The van der Waals surface area contributed by atoms with E-state index in [4.69, 9.17) is 0 Å². The number of carbonyl (C=O) groups excluding carboxylic acids is 2. The summed E-state index contributed by atoms with van der Waals surface area (Å²) in [7, 11) is 0. The van der Waals surface area contributed by atoms with Gasteiger partial charge in [0.15, 0.2) is 0 Å². The number of amides is 2. The number of hydrogen-bond donors (Lipinski definition) is 1. The first-order valence-electron chi connectivity index (χ1n) is 11.4. The van der Waals surface area contributed by atoms with E-state index in [9.17, 15) is 9.59 Å². The molecule has 5 nitrogen and oxygen atoms in total. The predicted octanol–water partition coefficient (Wildman–Crippen LogP) is 3.47. The van der Waals surface area contributed by atoms with E-state index in [1.54, 1.807) is 0 Å². The van der Waals surface area contributed by atoms with E-state index in [-0.39, 0.29) is 17.9 Å². The average molecular weight is 400 g/mol. The zero-order chi connectivity index (χ0) is 20.8. The van der Waals surface area contributed by atoms with Crippen molar-refractivity contribution in [2.75, 3.05) is 32.7 Å². The highest BCUT2D eigenvalue weighted by Gasteiger charge is 2.37. The summed E-state index contributed by atoms with van der Waals surface area (Å²) < 4.78 is 0. The summed E-state index contributed by atoms with van der Waals surface area (Å²) in [6, 6.07) is 7.74. The third-order valence-electron chi connectivity index (χ3n) is 6.81. The molecule has 1 aliphatic heterocycles. The Morgan fingerprint density at radius 1 is 1.10 bits per heavy atom. The molecule has 2 amide bonds. The van der Waals surface area contributed by atoms with Crippen molar-refractivity contribution in [2.45, 2.75) is 58.9 Å². The fourth-order valence-corrected chi connectivity index (χ4v) is 4.66. The van der Waals surface area contributed by atoms with Crippen LogP contribution in [0.4, 0.5) is 0 Å². The molecule has 1 aromatic carbocycles. The number of piperazine rings is 1. The van der Waals surface area contributed by atoms with Gasteiger partial charge in [0.05, 0.1) is 6.04 Å². The van der Waals surface area contributed by atoms with E-state index in [2.05, 4.69) is 24.1 Å². The third-order valence-corrected chi connectivity index (χ3v) is 6.81. The molecule has 0 spiro atoms. The maximum Gasteiger partial charge on any atom is 0.254 e. The van der Waals surface area contributed by atoms with E-state index < -0.39 is 0 Å². The first-order chi connectivity index (χ1) is 14.0. The van der Waals surface area contributed by atoms with E-state index in [1.165, 1.54) is 12.8 Å². The van der Waals surface area contributed by atoms with Crippen molar-refractivity contribution < 1.29 is 9.59 Å². The lowest BCUT2D eigenvalue weighted by Gasteiger charge is -2.41. The largest absolute Gasteiger partial charge is 0.354 e. The zero-order valence-corrected chi connectivity index (χ0v) is 18.3. The Labute approximate surface area is 175 Å². The summed E-state index contributed by atoms with van der Waals surface area (Å²) in [6.45, 7) is 10.0. The van der Waals surface area contributed by atoms with Crippen molar-refractivity contribution in [1.29, 1.82) is 0 Å². The van der Waals surface area contributed by atoms with Crippen LogP contribution in [0.3, 0.4) is 0 Å². The molecule has 2 fully saturated rings. The maximum absolute atomic E-state index is 13.1. The summed E-state index contributed by atoms with van der Waals surface area (Å²) in [6.07, 6.45) is 5.82. The van der Waals surface area contributed by atoms with E-state index >= 15 is 0 Å². The molecule has 2 atom stereocenters. The first kappa shape index (κ1) is 21.8. The molecular weight excluding hydrogens is 362 g/mol. The third kappa shape index (κ3) is 5.39. The highest BCUT2D eigenvalue weighted by atomic mass is 16.2. The molecule has 1 aromatic rings. The van der Waals surface area contributed by atoms with Crippen molar-refractivity contribution in [1.82, 2.24) is 15.1 Å². The lowest BCUT2D eigenvalue weighted by atomic mass is 9.94. The van der Waals surface area contributed by atoms with Crippen LogP contribution < -0.4 is 5.32 Å². The Kier molecular flexibility index (Phi) is 7.70. The predicted molar refractivity (Wildman–Crippen MR) is 117 cm³/mol. The van der Waals surface area contributed by atoms with Crippen molar-refractivity contribution in [3.05, 3.63) is 35.4 Å². The maximum atomic E-state index is 13.1.